The number of aliphatic hydroxyl groups is 1. The Labute approximate surface area is 122 Å². The Balaban J connectivity index is 2.86. The number of benzene rings is 1. The number of carbonyl (C=O) groups excluding carboxylic acids is 1. The molecule has 0 saturated carbocycles. The molecule has 4 nitrogen and oxygen atoms in total. The summed E-state index contributed by atoms with van der Waals surface area (Å²) in [4.78, 5) is 11.8. The van der Waals surface area contributed by atoms with E-state index < -0.39 is 17.8 Å². The molecule has 106 valence electrons. The summed E-state index contributed by atoms with van der Waals surface area (Å²) in [5.74, 6) is 0. The fraction of sp³-hybridized carbons (Fsp3) is 0.500. The minimum Gasteiger partial charge on any atom is -0.444 e. The van der Waals surface area contributed by atoms with Crippen molar-refractivity contribution in [1.82, 2.24) is 0 Å². The average molecular weight is 330 g/mol. The molecular weight excluding hydrogens is 310 g/mol. The van der Waals surface area contributed by atoms with Gasteiger partial charge in [0.1, 0.15) is 5.60 Å². The number of halogens is 1. The van der Waals surface area contributed by atoms with Crippen molar-refractivity contribution in [2.24, 2.45) is 0 Å². The van der Waals surface area contributed by atoms with Crippen LogP contribution in [0.2, 0.25) is 0 Å². The lowest BCUT2D eigenvalue weighted by molar-refractivity contribution is 0.0635. The molecule has 1 amide bonds. The molecule has 0 bridgehead atoms. The SMILES string of the molecule is C[C@H](O)Cc1ccc(Br)cc1NC(=O)OC(C)(C)C. The van der Waals surface area contributed by atoms with Crippen LogP contribution in [0.15, 0.2) is 22.7 Å². The molecule has 0 aliphatic rings. The smallest absolute Gasteiger partial charge is 0.412 e. The van der Waals surface area contributed by atoms with Gasteiger partial charge in [-0.1, -0.05) is 22.0 Å². The third-order valence-electron chi connectivity index (χ3n) is 2.22. The van der Waals surface area contributed by atoms with E-state index in [2.05, 4.69) is 21.2 Å². The Morgan fingerprint density at radius 3 is 2.63 bits per heavy atom. The van der Waals surface area contributed by atoms with Gasteiger partial charge in [-0.3, -0.25) is 5.32 Å². The minimum absolute atomic E-state index is 0.471. The number of hydrogen-bond donors (Lipinski definition) is 2. The van der Waals surface area contributed by atoms with E-state index in [1.165, 1.54) is 0 Å². The summed E-state index contributed by atoms with van der Waals surface area (Å²) in [5.41, 5.74) is 0.967. The van der Waals surface area contributed by atoms with Crippen molar-refractivity contribution in [2.75, 3.05) is 5.32 Å². The van der Waals surface area contributed by atoms with Gasteiger partial charge in [0, 0.05) is 16.6 Å². The van der Waals surface area contributed by atoms with Gasteiger partial charge in [0.2, 0.25) is 0 Å². The van der Waals surface area contributed by atoms with Crippen LogP contribution in [-0.2, 0) is 11.2 Å². The predicted molar refractivity (Wildman–Crippen MR) is 79.4 cm³/mol. The lowest BCUT2D eigenvalue weighted by Gasteiger charge is -2.20. The van der Waals surface area contributed by atoms with Crippen molar-refractivity contribution in [1.29, 1.82) is 0 Å². The number of aliphatic hydroxyl groups excluding tert-OH is 1. The lowest BCUT2D eigenvalue weighted by Crippen LogP contribution is -2.27. The molecule has 1 atom stereocenters. The molecule has 0 aliphatic carbocycles. The highest BCUT2D eigenvalue weighted by atomic mass is 79.9. The summed E-state index contributed by atoms with van der Waals surface area (Å²) < 4.78 is 6.07. The molecule has 2 N–H and O–H groups in total. The third-order valence-corrected chi connectivity index (χ3v) is 2.72. The van der Waals surface area contributed by atoms with Crippen molar-refractivity contribution in [3.63, 3.8) is 0 Å². The van der Waals surface area contributed by atoms with Gasteiger partial charge >= 0.3 is 6.09 Å². The number of ether oxygens (including phenoxy) is 1. The maximum Gasteiger partial charge on any atom is 0.412 e. The highest BCUT2D eigenvalue weighted by Crippen LogP contribution is 2.23. The first-order valence-corrected chi connectivity index (χ1v) is 6.93. The lowest BCUT2D eigenvalue weighted by atomic mass is 10.1. The first kappa shape index (κ1) is 16.0. The maximum atomic E-state index is 11.8. The summed E-state index contributed by atoms with van der Waals surface area (Å²) in [6, 6.07) is 5.53. The number of anilines is 1. The molecule has 0 heterocycles. The van der Waals surface area contributed by atoms with Crippen molar-refractivity contribution < 1.29 is 14.6 Å². The topological polar surface area (TPSA) is 58.6 Å². The van der Waals surface area contributed by atoms with E-state index in [4.69, 9.17) is 4.74 Å². The maximum absolute atomic E-state index is 11.8. The van der Waals surface area contributed by atoms with Crippen LogP contribution in [0, 0.1) is 0 Å². The van der Waals surface area contributed by atoms with Crippen LogP contribution >= 0.6 is 15.9 Å². The Morgan fingerprint density at radius 2 is 2.11 bits per heavy atom. The van der Waals surface area contributed by atoms with Gasteiger partial charge in [-0.05, 0) is 45.4 Å². The van der Waals surface area contributed by atoms with Gasteiger partial charge in [-0.15, -0.1) is 0 Å². The second-order valence-electron chi connectivity index (χ2n) is 5.48. The van der Waals surface area contributed by atoms with E-state index in [1.807, 2.05) is 32.9 Å². The minimum atomic E-state index is -0.541. The zero-order valence-electron chi connectivity index (χ0n) is 11.7. The molecule has 0 saturated heterocycles. The molecule has 0 unspecified atom stereocenters. The van der Waals surface area contributed by atoms with Crippen LogP contribution in [-0.4, -0.2) is 22.9 Å². The molecule has 0 fully saturated rings. The molecule has 0 spiro atoms. The van der Waals surface area contributed by atoms with E-state index in [9.17, 15) is 9.90 Å². The van der Waals surface area contributed by atoms with Crippen LogP contribution in [0.4, 0.5) is 10.5 Å². The summed E-state index contributed by atoms with van der Waals surface area (Å²) >= 11 is 3.36. The van der Waals surface area contributed by atoms with Crippen LogP contribution in [0.5, 0.6) is 0 Å². The fourth-order valence-electron chi connectivity index (χ4n) is 1.57. The quantitative estimate of drug-likeness (QED) is 0.888. The largest absolute Gasteiger partial charge is 0.444 e. The fourth-order valence-corrected chi connectivity index (χ4v) is 1.94. The van der Waals surface area contributed by atoms with E-state index in [0.717, 1.165) is 10.0 Å². The Kier molecular flexibility index (Phi) is 5.38. The number of hydrogen-bond acceptors (Lipinski definition) is 3. The van der Waals surface area contributed by atoms with Gasteiger partial charge in [0.05, 0.1) is 6.10 Å². The van der Waals surface area contributed by atoms with Gasteiger partial charge in [0.15, 0.2) is 0 Å². The molecule has 0 aromatic heterocycles. The zero-order valence-corrected chi connectivity index (χ0v) is 13.2. The van der Waals surface area contributed by atoms with Gasteiger partial charge < -0.3 is 9.84 Å². The number of rotatable bonds is 3. The Hall–Kier alpha value is -1.07. The molecule has 0 radical (unpaired) electrons. The first-order chi connectivity index (χ1) is 8.67. The summed E-state index contributed by atoms with van der Waals surface area (Å²) in [6.45, 7) is 7.14. The average Bonchev–Trinajstić information content (AvgIpc) is 2.18. The monoisotopic (exact) mass is 329 g/mol. The van der Waals surface area contributed by atoms with Gasteiger partial charge in [-0.25, -0.2) is 4.79 Å². The highest BCUT2D eigenvalue weighted by Gasteiger charge is 2.17. The van der Waals surface area contributed by atoms with Crippen molar-refractivity contribution >= 4 is 27.7 Å². The van der Waals surface area contributed by atoms with Crippen LogP contribution in [0.3, 0.4) is 0 Å². The van der Waals surface area contributed by atoms with E-state index in [1.54, 1.807) is 13.0 Å². The summed E-state index contributed by atoms with van der Waals surface area (Å²) in [5, 5.41) is 12.2. The number of carbonyl (C=O) groups is 1. The highest BCUT2D eigenvalue weighted by molar-refractivity contribution is 9.10. The van der Waals surface area contributed by atoms with Crippen molar-refractivity contribution in [3.05, 3.63) is 28.2 Å². The van der Waals surface area contributed by atoms with Crippen molar-refractivity contribution in [2.45, 2.75) is 45.8 Å². The van der Waals surface area contributed by atoms with Crippen LogP contribution < -0.4 is 5.32 Å². The molecule has 1 aromatic carbocycles. The second kappa shape index (κ2) is 6.39. The molecule has 19 heavy (non-hydrogen) atoms. The van der Waals surface area contributed by atoms with Gasteiger partial charge in [0.25, 0.3) is 0 Å². The van der Waals surface area contributed by atoms with E-state index in [0.29, 0.717) is 12.1 Å². The second-order valence-corrected chi connectivity index (χ2v) is 6.40. The number of amides is 1. The molecular formula is C14H20BrNO3. The van der Waals surface area contributed by atoms with Crippen molar-refractivity contribution in [3.8, 4) is 0 Å². The molecule has 0 aliphatic heterocycles. The van der Waals surface area contributed by atoms with Crippen LogP contribution in [0.1, 0.15) is 33.3 Å². The standard InChI is InChI=1S/C14H20BrNO3/c1-9(17)7-10-5-6-11(15)8-12(10)16-13(18)19-14(2,3)4/h5-6,8-9,17H,7H2,1-4H3,(H,16,18)/t9-/m0/s1. The Morgan fingerprint density at radius 1 is 1.47 bits per heavy atom. The summed E-state index contributed by atoms with van der Waals surface area (Å²) in [7, 11) is 0. The predicted octanol–water partition coefficient (Wildman–Crippen LogP) is 3.72. The zero-order chi connectivity index (χ0) is 14.6. The molecule has 1 rings (SSSR count). The first-order valence-electron chi connectivity index (χ1n) is 6.14. The molecule has 1 aromatic rings. The third kappa shape index (κ3) is 6.07. The van der Waals surface area contributed by atoms with Crippen LogP contribution in [0.25, 0.3) is 0 Å². The Bertz CT molecular complexity index is 452. The molecule has 5 heteroatoms. The number of nitrogens with one attached hydrogen (secondary N) is 1. The summed E-state index contributed by atoms with van der Waals surface area (Å²) in [6.07, 6.45) is -0.504. The van der Waals surface area contributed by atoms with Gasteiger partial charge in [-0.2, -0.15) is 0 Å². The normalized spacial score (nSPS) is 12.9. The van der Waals surface area contributed by atoms with E-state index in [-0.39, 0.29) is 0 Å². The van der Waals surface area contributed by atoms with E-state index >= 15 is 0 Å².